The number of amides is 1. The summed E-state index contributed by atoms with van der Waals surface area (Å²) in [7, 11) is 0. The van der Waals surface area contributed by atoms with Crippen molar-refractivity contribution in [3.63, 3.8) is 0 Å². The molecule has 2 heterocycles. The maximum Gasteiger partial charge on any atom is 0.255 e. The Morgan fingerprint density at radius 2 is 2.28 bits per heavy atom. The number of allylic oxidation sites excluding steroid dienone is 2. The predicted molar refractivity (Wildman–Crippen MR) is 116 cm³/mol. The number of nitrogens with one attached hydrogen (secondary N) is 1. The van der Waals surface area contributed by atoms with Crippen LogP contribution in [-0.4, -0.2) is 32.1 Å². The zero-order valence-electron chi connectivity index (χ0n) is 16.0. The first-order valence-corrected chi connectivity index (χ1v) is 10.00. The van der Waals surface area contributed by atoms with Crippen LogP contribution in [-0.2, 0) is 0 Å². The van der Waals surface area contributed by atoms with Crippen molar-refractivity contribution < 1.29 is 9.18 Å². The van der Waals surface area contributed by atoms with Crippen LogP contribution in [0.3, 0.4) is 0 Å². The van der Waals surface area contributed by atoms with E-state index in [-0.39, 0.29) is 5.91 Å². The molecule has 150 valence electrons. The van der Waals surface area contributed by atoms with Gasteiger partial charge in [-0.15, -0.1) is 0 Å². The normalized spacial score (nSPS) is 20.1. The van der Waals surface area contributed by atoms with E-state index in [4.69, 9.17) is 5.73 Å². The summed E-state index contributed by atoms with van der Waals surface area (Å²) in [5.41, 5.74) is 6.57. The van der Waals surface area contributed by atoms with Crippen LogP contribution in [0.5, 0.6) is 0 Å². The fourth-order valence-corrected chi connectivity index (χ4v) is 3.98. The number of rotatable bonds is 6. The van der Waals surface area contributed by atoms with E-state index in [0.29, 0.717) is 22.7 Å². The maximum atomic E-state index is 14.5. The Bertz CT molecular complexity index is 996. The van der Waals surface area contributed by atoms with Gasteiger partial charge in [0.15, 0.2) is 5.17 Å². The second kappa shape index (κ2) is 8.91. The lowest BCUT2D eigenvalue weighted by atomic mass is 9.88. The fourth-order valence-electron chi connectivity index (χ4n) is 3.00. The minimum atomic E-state index is -0.811. The summed E-state index contributed by atoms with van der Waals surface area (Å²) < 4.78 is 16.1. The molecule has 1 aromatic heterocycles. The van der Waals surface area contributed by atoms with Crippen molar-refractivity contribution in [1.82, 2.24) is 15.1 Å². The molecule has 0 bridgehead atoms. The van der Waals surface area contributed by atoms with Crippen LogP contribution in [0.15, 0.2) is 84.0 Å². The molecule has 3 N–H and O–H groups in total. The SMILES string of the molecule is C=CC(F)=C(C=CNC(=O)c1cccc(-n2cccn2)c1)C1(C)CCSC(N)=N1. The Hall–Kier alpha value is -3.13. The average Bonchev–Trinajstić information content (AvgIpc) is 3.25. The molecule has 0 fully saturated rings. The topological polar surface area (TPSA) is 85.3 Å². The minimum Gasteiger partial charge on any atom is -0.379 e. The maximum absolute atomic E-state index is 14.5. The van der Waals surface area contributed by atoms with Crippen molar-refractivity contribution in [1.29, 1.82) is 0 Å². The molecule has 1 unspecified atom stereocenters. The zero-order valence-corrected chi connectivity index (χ0v) is 16.8. The van der Waals surface area contributed by atoms with E-state index < -0.39 is 11.4 Å². The highest BCUT2D eigenvalue weighted by atomic mass is 32.2. The smallest absolute Gasteiger partial charge is 0.255 e. The van der Waals surface area contributed by atoms with Gasteiger partial charge in [-0.1, -0.05) is 24.4 Å². The molecular formula is C21H22FN5OS. The Balaban J connectivity index is 1.78. The number of aromatic nitrogens is 2. The van der Waals surface area contributed by atoms with Gasteiger partial charge < -0.3 is 11.1 Å². The Morgan fingerprint density at radius 1 is 1.45 bits per heavy atom. The molecule has 1 aliphatic rings. The van der Waals surface area contributed by atoms with Gasteiger partial charge in [0.1, 0.15) is 5.83 Å². The van der Waals surface area contributed by atoms with Gasteiger partial charge in [-0.3, -0.25) is 9.79 Å². The zero-order chi connectivity index (χ0) is 20.9. The number of amidine groups is 1. The summed E-state index contributed by atoms with van der Waals surface area (Å²) in [6.07, 6.45) is 8.14. The number of nitrogens with two attached hydrogens (primary N) is 1. The molecule has 1 aromatic carbocycles. The molecule has 6 nitrogen and oxygen atoms in total. The van der Waals surface area contributed by atoms with Crippen LogP contribution in [0.2, 0.25) is 0 Å². The third-order valence-electron chi connectivity index (χ3n) is 4.55. The van der Waals surface area contributed by atoms with Gasteiger partial charge in [-0.25, -0.2) is 9.07 Å². The van der Waals surface area contributed by atoms with Gasteiger partial charge >= 0.3 is 0 Å². The summed E-state index contributed by atoms with van der Waals surface area (Å²) in [5.74, 6) is -0.0803. The molecule has 0 saturated heterocycles. The number of halogens is 1. The molecule has 1 aliphatic heterocycles. The Labute approximate surface area is 173 Å². The summed E-state index contributed by atoms with van der Waals surface area (Å²) in [5, 5.41) is 7.25. The second-order valence-corrected chi connectivity index (χ2v) is 7.71. The number of aliphatic imine (C=N–C) groups is 1. The third-order valence-corrected chi connectivity index (χ3v) is 5.35. The number of carbonyl (C=O) groups excluding carboxylic acids is 1. The molecule has 0 radical (unpaired) electrons. The third kappa shape index (κ3) is 4.83. The molecule has 0 saturated carbocycles. The standard InChI is InChI=1S/C21H22FN5OS/c1-3-18(22)17(21(2)9-13-29-20(23)26-21)8-11-24-19(28)15-6-4-7-16(14-15)27-12-5-10-25-27/h3-8,10-12,14H,1,9,13H2,2H3,(H2,23,26)(H,24,28). The predicted octanol–water partition coefficient (Wildman–Crippen LogP) is 3.74. The monoisotopic (exact) mass is 411 g/mol. The van der Waals surface area contributed by atoms with E-state index in [1.165, 1.54) is 24.0 Å². The van der Waals surface area contributed by atoms with E-state index >= 15 is 0 Å². The van der Waals surface area contributed by atoms with Crippen molar-refractivity contribution in [2.24, 2.45) is 10.7 Å². The van der Waals surface area contributed by atoms with Gasteiger partial charge in [-0.2, -0.15) is 5.10 Å². The fraction of sp³-hybridized carbons (Fsp3) is 0.190. The molecule has 29 heavy (non-hydrogen) atoms. The lowest BCUT2D eigenvalue weighted by Crippen LogP contribution is -2.33. The Morgan fingerprint density at radius 3 is 2.97 bits per heavy atom. The molecule has 0 aliphatic carbocycles. The average molecular weight is 412 g/mol. The summed E-state index contributed by atoms with van der Waals surface area (Å²) in [4.78, 5) is 16.9. The van der Waals surface area contributed by atoms with Crippen LogP contribution in [0.25, 0.3) is 5.69 Å². The van der Waals surface area contributed by atoms with Gasteiger partial charge in [-0.05, 0) is 49.8 Å². The molecule has 8 heteroatoms. The highest BCUT2D eigenvalue weighted by molar-refractivity contribution is 8.13. The lowest BCUT2D eigenvalue weighted by molar-refractivity contribution is 0.0970. The van der Waals surface area contributed by atoms with E-state index in [9.17, 15) is 9.18 Å². The highest BCUT2D eigenvalue weighted by Crippen LogP contribution is 2.35. The number of nitrogens with zero attached hydrogens (tertiary/aromatic N) is 3. The first-order chi connectivity index (χ1) is 13.9. The van der Waals surface area contributed by atoms with E-state index in [2.05, 4.69) is 22.0 Å². The quantitative estimate of drug-likeness (QED) is 0.709. The van der Waals surface area contributed by atoms with Crippen molar-refractivity contribution in [2.75, 3.05) is 5.75 Å². The number of carbonyl (C=O) groups is 1. The van der Waals surface area contributed by atoms with Crippen LogP contribution in [0.1, 0.15) is 23.7 Å². The van der Waals surface area contributed by atoms with Crippen molar-refractivity contribution in [3.8, 4) is 5.69 Å². The molecule has 0 spiro atoms. The molecule has 3 rings (SSSR count). The molecule has 2 aromatic rings. The van der Waals surface area contributed by atoms with E-state index in [1.807, 2.05) is 13.0 Å². The largest absolute Gasteiger partial charge is 0.379 e. The van der Waals surface area contributed by atoms with Crippen LogP contribution in [0, 0.1) is 0 Å². The summed E-state index contributed by atoms with van der Waals surface area (Å²) >= 11 is 1.44. The lowest BCUT2D eigenvalue weighted by Gasteiger charge is -2.30. The molecule has 1 amide bonds. The number of hydrogen-bond donors (Lipinski definition) is 2. The van der Waals surface area contributed by atoms with Crippen LogP contribution < -0.4 is 11.1 Å². The second-order valence-electron chi connectivity index (χ2n) is 6.60. The van der Waals surface area contributed by atoms with Gasteiger partial charge in [0.25, 0.3) is 5.91 Å². The van der Waals surface area contributed by atoms with Crippen LogP contribution in [0.4, 0.5) is 4.39 Å². The van der Waals surface area contributed by atoms with Gasteiger partial charge in [0.05, 0.1) is 11.2 Å². The summed E-state index contributed by atoms with van der Waals surface area (Å²) in [6, 6.07) is 8.85. The molecule has 1 atom stereocenters. The molecular weight excluding hydrogens is 389 g/mol. The van der Waals surface area contributed by atoms with Gasteiger partial charge in [0, 0.05) is 35.5 Å². The number of thioether (sulfide) groups is 1. The van der Waals surface area contributed by atoms with Crippen molar-refractivity contribution >= 4 is 22.8 Å². The number of benzene rings is 1. The summed E-state index contributed by atoms with van der Waals surface area (Å²) in [6.45, 7) is 5.32. The number of hydrogen-bond acceptors (Lipinski definition) is 5. The van der Waals surface area contributed by atoms with Gasteiger partial charge in [0.2, 0.25) is 0 Å². The first-order valence-electron chi connectivity index (χ1n) is 9.01. The van der Waals surface area contributed by atoms with E-state index in [0.717, 1.165) is 17.5 Å². The van der Waals surface area contributed by atoms with Crippen molar-refractivity contribution in [3.05, 3.63) is 84.6 Å². The highest BCUT2D eigenvalue weighted by Gasteiger charge is 2.32. The minimum absolute atomic E-state index is 0.319. The first kappa shape index (κ1) is 20.6. The van der Waals surface area contributed by atoms with Crippen LogP contribution >= 0.6 is 11.8 Å². The Kier molecular flexibility index (Phi) is 6.33. The van der Waals surface area contributed by atoms with Crippen molar-refractivity contribution in [2.45, 2.75) is 18.9 Å². The van der Waals surface area contributed by atoms with E-state index in [1.54, 1.807) is 41.3 Å².